The summed E-state index contributed by atoms with van der Waals surface area (Å²) in [6.45, 7) is 8.43. The first-order valence-electron chi connectivity index (χ1n) is 10.4. The number of nitrogens with zero attached hydrogens (tertiary/aromatic N) is 2. The van der Waals surface area contributed by atoms with Crippen LogP contribution in [-0.4, -0.2) is 62.7 Å². The highest BCUT2D eigenvalue weighted by molar-refractivity contribution is 5.76. The van der Waals surface area contributed by atoms with Crippen molar-refractivity contribution < 1.29 is 19.0 Å². The van der Waals surface area contributed by atoms with Crippen LogP contribution in [0.4, 0.5) is 0 Å². The maximum Gasteiger partial charge on any atom is 0.226 e. The molecule has 162 valence electrons. The number of piperazine rings is 1. The Bertz CT molecular complexity index is 860. The lowest BCUT2D eigenvalue weighted by Crippen LogP contribution is -2.48. The molecule has 0 unspecified atom stereocenters. The van der Waals surface area contributed by atoms with Crippen molar-refractivity contribution in [1.29, 1.82) is 0 Å². The molecule has 1 aliphatic rings. The second-order valence-electron chi connectivity index (χ2n) is 7.63. The number of carbonyl (C=O) groups is 1. The molecule has 0 spiro atoms. The van der Waals surface area contributed by atoms with Gasteiger partial charge < -0.3 is 19.1 Å². The van der Waals surface area contributed by atoms with Crippen LogP contribution in [0.5, 0.6) is 17.2 Å². The molecule has 0 bridgehead atoms. The van der Waals surface area contributed by atoms with E-state index >= 15 is 0 Å². The fourth-order valence-corrected chi connectivity index (χ4v) is 3.69. The van der Waals surface area contributed by atoms with Crippen molar-refractivity contribution in [1.82, 2.24) is 9.80 Å². The summed E-state index contributed by atoms with van der Waals surface area (Å²) in [5.74, 6) is 2.69. The van der Waals surface area contributed by atoms with Gasteiger partial charge in [0.05, 0.1) is 27.2 Å². The average Bonchev–Trinajstić information content (AvgIpc) is 2.77. The van der Waals surface area contributed by atoms with Gasteiger partial charge in [0.25, 0.3) is 0 Å². The van der Waals surface area contributed by atoms with Gasteiger partial charge in [0.15, 0.2) is 0 Å². The van der Waals surface area contributed by atoms with E-state index in [1.165, 1.54) is 5.56 Å². The van der Waals surface area contributed by atoms with E-state index < -0.39 is 0 Å². The van der Waals surface area contributed by atoms with Crippen molar-refractivity contribution in [3.63, 3.8) is 0 Å². The van der Waals surface area contributed by atoms with Crippen LogP contribution in [-0.2, 0) is 11.3 Å². The van der Waals surface area contributed by atoms with Gasteiger partial charge in [-0.2, -0.15) is 0 Å². The van der Waals surface area contributed by atoms with Gasteiger partial charge in [-0.05, 0) is 49.2 Å². The van der Waals surface area contributed by atoms with Crippen molar-refractivity contribution in [3.05, 3.63) is 53.1 Å². The van der Waals surface area contributed by atoms with E-state index in [1.807, 2.05) is 42.2 Å². The molecule has 6 nitrogen and oxygen atoms in total. The predicted octanol–water partition coefficient (Wildman–Crippen LogP) is 3.43. The third-order valence-electron chi connectivity index (χ3n) is 5.73. The molecular formula is C24H32N2O4. The largest absolute Gasteiger partial charge is 0.497 e. The van der Waals surface area contributed by atoms with E-state index in [0.29, 0.717) is 13.0 Å². The molecule has 1 saturated heterocycles. The van der Waals surface area contributed by atoms with Crippen LogP contribution >= 0.6 is 0 Å². The third-order valence-corrected chi connectivity index (χ3v) is 5.73. The molecule has 0 aliphatic carbocycles. The minimum atomic E-state index is 0.152. The number of amides is 1. The first kappa shape index (κ1) is 22.0. The molecule has 2 aromatic carbocycles. The normalized spacial score (nSPS) is 14.5. The minimum Gasteiger partial charge on any atom is -0.497 e. The van der Waals surface area contributed by atoms with E-state index in [9.17, 15) is 4.79 Å². The zero-order valence-corrected chi connectivity index (χ0v) is 18.4. The molecule has 1 fully saturated rings. The van der Waals surface area contributed by atoms with E-state index in [1.54, 1.807) is 14.2 Å². The number of hydrogen-bond donors (Lipinski definition) is 0. The van der Waals surface area contributed by atoms with Gasteiger partial charge in [-0.3, -0.25) is 9.69 Å². The lowest BCUT2D eigenvalue weighted by molar-refractivity contribution is -0.133. The Morgan fingerprint density at radius 3 is 2.43 bits per heavy atom. The SMILES string of the molecule is COc1ccc(OC)c(CN2CCN(C(=O)CCOc3cccc(C)c3C)CC2)c1. The Labute approximate surface area is 179 Å². The van der Waals surface area contributed by atoms with Gasteiger partial charge in [-0.25, -0.2) is 0 Å². The fraction of sp³-hybridized carbons (Fsp3) is 0.458. The minimum absolute atomic E-state index is 0.152. The first-order chi connectivity index (χ1) is 14.5. The number of rotatable bonds is 8. The Morgan fingerprint density at radius 2 is 1.73 bits per heavy atom. The molecule has 1 heterocycles. The number of methoxy groups -OCH3 is 2. The Hall–Kier alpha value is -2.73. The molecular weight excluding hydrogens is 380 g/mol. The smallest absolute Gasteiger partial charge is 0.226 e. The maximum atomic E-state index is 12.6. The Kier molecular flexibility index (Phi) is 7.57. The summed E-state index contributed by atoms with van der Waals surface area (Å²) in [7, 11) is 3.35. The average molecular weight is 413 g/mol. The van der Waals surface area contributed by atoms with Crippen LogP contribution in [0.1, 0.15) is 23.1 Å². The topological polar surface area (TPSA) is 51.2 Å². The van der Waals surface area contributed by atoms with Gasteiger partial charge in [-0.15, -0.1) is 0 Å². The summed E-state index contributed by atoms with van der Waals surface area (Å²) in [6, 6.07) is 11.9. The molecule has 30 heavy (non-hydrogen) atoms. The summed E-state index contributed by atoms with van der Waals surface area (Å²) >= 11 is 0. The zero-order chi connectivity index (χ0) is 21.5. The molecule has 2 aromatic rings. The van der Waals surface area contributed by atoms with Gasteiger partial charge in [0.1, 0.15) is 17.2 Å². The van der Waals surface area contributed by atoms with Crippen LogP contribution in [0.15, 0.2) is 36.4 Å². The van der Waals surface area contributed by atoms with Crippen molar-refractivity contribution in [2.24, 2.45) is 0 Å². The number of hydrogen-bond acceptors (Lipinski definition) is 5. The predicted molar refractivity (Wildman–Crippen MR) is 117 cm³/mol. The number of carbonyl (C=O) groups excluding carboxylic acids is 1. The molecule has 3 rings (SSSR count). The second kappa shape index (κ2) is 10.3. The quantitative estimate of drug-likeness (QED) is 0.665. The van der Waals surface area contributed by atoms with Crippen LogP contribution in [0.3, 0.4) is 0 Å². The molecule has 0 aromatic heterocycles. The molecule has 0 radical (unpaired) electrons. The zero-order valence-electron chi connectivity index (χ0n) is 18.4. The lowest BCUT2D eigenvalue weighted by atomic mass is 10.1. The highest BCUT2D eigenvalue weighted by Gasteiger charge is 2.22. The highest BCUT2D eigenvalue weighted by atomic mass is 16.5. The van der Waals surface area contributed by atoms with E-state index in [2.05, 4.69) is 17.9 Å². The summed E-state index contributed by atoms with van der Waals surface area (Å²) < 4.78 is 16.7. The first-order valence-corrected chi connectivity index (χ1v) is 10.4. The van der Waals surface area contributed by atoms with E-state index in [0.717, 1.165) is 61.1 Å². The number of aryl methyl sites for hydroxylation is 1. The van der Waals surface area contributed by atoms with Gasteiger partial charge in [0, 0.05) is 38.3 Å². The van der Waals surface area contributed by atoms with E-state index in [4.69, 9.17) is 14.2 Å². The monoisotopic (exact) mass is 412 g/mol. The van der Waals surface area contributed by atoms with Gasteiger partial charge in [-0.1, -0.05) is 12.1 Å². The summed E-state index contributed by atoms with van der Waals surface area (Å²) in [4.78, 5) is 16.9. The molecule has 0 saturated carbocycles. The van der Waals surface area contributed by atoms with Crippen LogP contribution < -0.4 is 14.2 Å². The number of benzene rings is 2. The van der Waals surface area contributed by atoms with Crippen molar-refractivity contribution in [3.8, 4) is 17.2 Å². The van der Waals surface area contributed by atoms with Crippen molar-refractivity contribution in [2.45, 2.75) is 26.8 Å². The fourth-order valence-electron chi connectivity index (χ4n) is 3.69. The summed E-state index contributed by atoms with van der Waals surface area (Å²) in [6.07, 6.45) is 0.400. The second-order valence-corrected chi connectivity index (χ2v) is 7.63. The van der Waals surface area contributed by atoms with Crippen LogP contribution in [0.2, 0.25) is 0 Å². The molecule has 6 heteroatoms. The van der Waals surface area contributed by atoms with Crippen LogP contribution in [0.25, 0.3) is 0 Å². The molecule has 0 atom stereocenters. The van der Waals surface area contributed by atoms with Crippen molar-refractivity contribution in [2.75, 3.05) is 47.0 Å². The van der Waals surface area contributed by atoms with Crippen LogP contribution in [0, 0.1) is 13.8 Å². The molecule has 0 N–H and O–H groups in total. The Balaban J connectivity index is 1.46. The van der Waals surface area contributed by atoms with Gasteiger partial charge >= 0.3 is 0 Å². The Morgan fingerprint density at radius 1 is 0.967 bits per heavy atom. The summed E-state index contributed by atoms with van der Waals surface area (Å²) in [5, 5.41) is 0. The maximum absolute atomic E-state index is 12.6. The van der Waals surface area contributed by atoms with Crippen molar-refractivity contribution >= 4 is 5.91 Å². The lowest BCUT2D eigenvalue weighted by Gasteiger charge is -2.35. The molecule has 1 aliphatic heterocycles. The van der Waals surface area contributed by atoms with E-state index in [-0.39, 0.29) is 5.91 Å². The number of ether oxygens (including phenoxy) is 3. The molecule has 1 amide bonds. The standard InChI is InChI=1S/C24H32N2O4/c1-18-6-5-7-22(19(18)2)30-15-10-24(27)26-13-11-25(12-14-26)17-20-16-21(28-3)8-9-23(20)29-4/h5-9,16H,10-15,17H2,1-4H3. The third kappa shape index (κ3) is 5.45. The summed E-state index contributed by atoms with van der Waals surface area (Å²) in [5.41, 5.74) is 3.42. The van der Waals surface area contributed by atoms with Gasteiger partial charge in [0.2, 0.25) is 5.91 Å². The highest BCUT2D eigenvalue weighted by Crippen LogP contribution is 2.26.